The molecule has 3 aromatic rings. The Hall–Kier alpha value is -2.64. The molecule has 1 heterocycles. The van der Waals surface area contributed by atoms with E-state index in [1.165, 1.54) is 12.1 Å². The summed E-state index contributed by atoms with van der Waals surface area (Å²) in [4.78, 5) is 18.5. The SMILES string of the molecule is CCCC(=O)On1cc(-c2ccc(Cl)cc2)c(-c2ccc(S(C)(=O)=O)cc2)n1. The van der Waals surface area contributed by atoms with Crippen LogP contribution in [0.25, 0.3) is 22.4 Å². The first-order valence-electron chi connectivity index (χ1n) is 8.65. The van der Waals surface area contributed by atoms with E-state index in [4.69, 9.17) is 16.4 Å². The van der Waals surface area contributed by atoms with Crippen LogP contribution < -0.4 is 4.84 Å². The fourth-order valence-electron chi connectivity index (χ4n) is 2.67. The van der Waals surface area contributed by atoms with Crippen molar-refractivity contribution in [2.45, 2.75) is 24.7 Å². The maximum atomic E-state index is 11.8. The van der Waals surface area contributed by atoms with E-state index in [0.29, 0.717) is 22.7 Å². The molecule has 0 saturated carbocycles. The van der Waals surface area contributed by atoms with Gasteiger partial charge in [-0.3, -0.25) is 0 Å². The highest BCUT2D eigenvalue weighted by atomic mass is 35.5. The van der Waals surface area contributed by atoms with Gasteiger partial charge in [0.15, 0.2) is 9.84 Å². The number of aromatic nitrogens is 2. The van der Waals surface area contributed by atoms with E-state index >= 15 is 0 Å². The van der Waals surface area contributed by atoms with Crippen LogP contribution in [0.1, 0.15) is 19.8 Å². The van der Waals surface area contributed by atoms with Gasteiger partial charge in [0.05, 0.1) is 11.1 Å². The summed E-state index contributed by atoms with van der Waals surface area (Å²) in [6.45, 7) is 1.89. The Morgan fingerprint density at radius 1 is 1.07 bits per heavy atom. The number of halogens is 1. The van der Waals surface area contributed by atoms with Crippen molar-refractivity contribution >= 4 is 27.4 Å². The van der Waals surface area contributed by atoms with E-state index in [9.17, 15) is 13.2 Å². The number of hydrogen-bond acceptors (Lipinski definition) is 5. The smallest absolute Gasteiger partial charge is 0.319 e. The first-order valence-corrected chi connectivity index (χ1v) is 10.9. The van der Waals surface area contributed by atoms with Gasteiger partial charge in [-0.05, 0) is 36.2 Å². The molecule has 0 bridgehead atoms. The highest BCUT2D eigenvalue weighted by molar-refractivity contribution is 7.90. The molecule has 0 aliphatic heterocycles. The summed E-state index contributed by atoms with van der Waals surface area (Å²) in [7, 11) is -3.30. The lowest BCUT2D eigenvalue weighted by molar-refractivity contribution is -0.145. The molecular formula is C20H19ClN2O4S. The third-order valence-electron chi connectivity index (χ3n) is 4.05. The summed E-state index contributed by atoms with van der Waals surface area (Å²) in [5.74, 6) is -0.383. The van der Waals surface area contributed by atoms with Gasteiger partial charge < -0.3 is 4.84 Å². The minimum absolute atomic E-state index is 0.220. The Balaban J connectivity index is 2.06. The first-order chi connectivity index (χ1) is 13.3. The molecule has 146 valence electrons. The highest BCUT2D eigenvalue weighted by Crippen LogP contribution is 2.32. The second-order valence-electron chi connectivity index (χ2n) is 6.31. The van der Waals surface area contributed by atoms with Crippen LogP contribution in [0.2, 0.25) is 5.02 Å². The van der Waals surface area contributed by atoms with E-state index < -0.39 is 9.84 Å². The van der Waals surface area contributed by atoms with Crippen LogP contribution in [0.3, 0.4) is 0 Å². The van der Waals surface area contributed by atoms with Crippen LogP contribution in [0.15, 0.2) is 59.6 Å². The zero-order valence-electron chi connectivity index (χ0n) is 15.4. The van der Waals surface area contributed by atoms with Gasteiger partial charge in [0, 0.05) is 28.8 Å². The van der Waals surface area contributed by atoms with E-state index in [1.54, 1.807) is 30.5 Å². The molecule has 0 amide bonds. The molecule has 0 unspecified atom stereocenters. The molecule has 2 aromatic carbocycles. The van der Waals surface area contributed by atoms with Crippen molar-refractivity contribution in [1.29, 1.82) is 0 Å². The topological polar surface area (TPSA) is 78.3 Å². The third kappa shape index (κ3) is 4.61. The predicted octanol–water partition coefficient (Wildman–Crippen LogP) is 4.03. The van der Waals surface area contributed by atoms with Crippen molar-refractivity contribution in [1.82, 2.24) is 9.94 Å². The molecule has 0 saturated heterocycles. The monoisotopic (exact) mass is 418 g/mol. The lowest BCUT2D eigenvalue weighted by Crippen LogP contribution is -2.19. The Labute approximate surface area is 168 Å². The van der Waals surface area contributed by atoms with Crippen LogP contribution >= 0.6 is 11.6 Å². The van der Waals surface area contributed by atoms with Crippen molar-refractivity contribution in [2.24, 2.45) is 0 Å². The number of hydrogen-bond donors (Lipinski definition) is 0. The average molecular weight is 419 g/mol. The van der Waals surface area contributed by atoms with Gasteiger partial charge in [-0.15, -0.1) is 5.10 Å². The molecule has 28 heavy (non-hydrogen) atoms. The number of carbonyl (C=O) groups excluding carboxylic acids is 1. The summed E-state index contributed by atoms with van der Waals surface area (Å²) in [5, 5.41) is 4.99. The second kappa shape index (κ2) is 8.16. The van der Waals surface area contributed by atoms with Gasteiger partial charge in [0.1, 0.15) is 5.69 Å². The second-order valence-corrected chi connectivity index (χ2v) is 8.76. The maximum absolute atomic E-state index is 11.8. The summed E-state index contributed by atoms with van der Waals surface area (Å²) >= 11 is 5.98. The van der Waals surface area contributed by atoms with E-state index in [2.05, 4.69) is 5.10 Å². The van der Waals surface area contributed by atoms with Crippen LogP contribution in [0.4, 0.5) is 0 Å². The van der Waals surface area contributed by atoms with Crippen LogP contribution in [0, 0.1) is 0 Å². The number of carbonyl (C=O) groups is 1. The molecule has 0 aliphatic rings. The van der Waals surface area contributed by atoms with Crippen molar-refractivity contribution in [3.63, 3.8) is 0 Å². The summed E-state index contributed by atoms with van der Waals surface area (Å²) in [5.41, 5.74) is 2.83. The number of nitrogens with zero attached hydrogens (tertiary/aromatic N) is 2. The molecule has 1 aromatic heterocycles. The molecule has 0 fully saturated rings. The summed E-state index contributed by atoms with van der Waals surface area (Å²) in [6, 6.07) is 13.6. The number of sulfone groups is 1. The van der Waals surface area contributed by atoms with Gasteiger partial charge in [-0.2, -0.15) is 0 Å². The molecule has 0 radical (unpaired) electrons. The minimum Gasteiger partial charge on any atom is -0.319 e. The normalized spacial score (nSPS) is 11.4. The Bertz CT molecular complexity index is 1090. The third-order valence-corrected chi connectivity index (χ3v) is 5.43. The standard InChI is InChI=1S/C20H19ClN2O4S/c1-3-4-19(24)27-23-13-18(14-5-9-16(21)10-6-14)20(22-23)15-7-11-17(12-8-15)28(2,25)26/h5-13H,3-4H2,1-2H3. The fourth-order valence-corrected chi connectivity index (χ4v) is 3.42. The van der Waals surface area contributed by atoms with E-state index in [0.717, 1.165) is 22.2 Å². The molecule has 0 N–H and O–H groups in total. The van der Waals surface area contributed by atoms with Crippen molar-refractivity contribution in [2.75, 3.05) is 6.26 Å². The largest absolute Gasteiger partial charge is 0.334 e. The van der Waals surface area contributed by atoms with Crippen molar-refractivity contribution in [3.05, 3.63) is 59.8 Å². The van der Waals surface area contributed by atoms with Crippen LogP contribution in [0.5, 0.6) is 0 Å². The molecule has 3 rings (SSSR count). The highest BCUT2D eigenvalue weighted by Gasteiger charge is 2.16. The van der Waals surface area contributed by atoms with Gasteiger partial charge in [0.25, 0.3) is 0 Å². The number of rotatable bonds is 6. The molecule has 0 atom stereocenters. The van der Waals surface area contributed by atoms with Crippen LogP contribution in [-0.2, 0) is 14.6 Å². The van der Waals surface area contributed by atoms with Crippen molar-refractivity contribution in [3.8, 4) is 22.4 Å². The maximum Gasteiger partial charge on any atom is 0.334 e. The molecule has 0 spiro atoms. The number of benzene rings is 2. The van der Waals surface area contributed by atoms with E-state index in [-0.39, 0.29) is 17.3 Å². The van der Waals surface area contributed by atoms with Gasteiger partial charge in [0.2, 0.25) is 0 Å². The predicted molar refractivity (Wildman–Crippen MR) is 108 cm³/mol. The van der Waals surface area contributed by atoms with Crippen molar-refractivity contribution < 1.29 is 18.0 Å². The zero-order valence-corrected chi connectivity index (χ0v) is 17.0. The minimum atomic E-state index is -3.30. The lowest BCUT2D eigenvalue weighted by Gasteiger charge is -2.04. The van der Waals surface area contributed by atoms with Gasteiger partial charge in [-0.25, -0.2) is 13.2 Å². The Morgan fingerprint density at radius 3 is 2.25 bits per heavy atom. The lowest BCUT2D eigenvalue weighted by atomic mass is 10.0. The first kappa shape index (κ1) is 20.1. The zero-order chi connectivity index (χ0) is 20.3. The molecule has 8 heteroatoms. The Kier molecular flexibility index (Phi) is 5.86. The average Bonchev–Trinajstić information content (AvgIpc) is 3.05. The molecular weight excluding hydrogens is 400 g/mol. The quantitative estimate of drug-likeness (QED) is 0.603. The van der Waals surface area contributed by atoms with Gasteiger partial charge in [-0.1, -0.05) is 47.6 Å². The van der Waals surface area contributed by atoms with Gasteiger partial charge >= 0.3 is 5.97 Å². The summed E-state index contributed by atoms with van der Waals surface area (Å²) in [6.07, 6.45) is 3.73. The molecule has 6 nitrogen and oxygen atoms in total. The Morgan fingerprint density at radius 2 is 1.68 bits per heavy atom. The van der Waals surface area contributed by atoms with E-state index in [1.807, 2.05) is 19.1 Å². The molecule has 0 aliphatic carbocycles. The summed E-state index contributed by atoms with van der Waals surface area (Å²) < 4.78 is 23.4. The van der Waals surface area contributed by atoms with Crippen LogP contribution in [-0.4, -0.2) is 30.6 Å². The fraction of sp³-hybridized carbons (Fsp3) is 0.200.